The third kappa shape index (κ3) is 1.71. The molecule has 0 fully saturated rings. The lowest BCUT2D eigenvalue weighted by atomic mass is 9.98. The number of nitrogens with two attached hydrogens (primary N) is 1. The van der Waals surface area contributed by atoms with E-state index in [0.717, 1.165) is 0 Å². The van der Waals surface area contributed by atoms with Gasteiger partial charge in [-0.1, -0.05) is 30.7 Å². The Morgan fingerprint density at radius 1 is 1.70 bits per heavy atom. The predicted octanol–water partition coefficient (Wildman–Crippen LogP) is 1.86. The Bertz CT molecular complexity index is 156. The highest BCUT2D eigenvalue weighted by Gasteiger charge is 2.06. The van der Waals surface area contributed by atoms with Crippen LogP contribution < -0.4 is 5.73 Å². The summed E-state index contributed by atoms with van der Waals surface area (Å²) < 4.78 is 0. The number of rotatable bonds is 1. The molecule has 1 unspecified atom stereocenters. The normalized spacial score (nSPS) is 25.8. The van der Waals surface area contributed by atoms with Crippen molar-refractivity contribution >= 4 is 0 Å². The molecule has 0 saturated heterocycles. The Morgan fingerprint density at radius 3 is 3.20 bits per heavy atom. The standard InChI is InChI=1S/C9H15N/c1-8-5-3-2-4-6-9(8)7-10/h2,4,6,8H,3,5,7,10H2,1H3. The van der Waals surface area contributed by atoms with Crippen molar-refractivity contribution in [2.24, 2.45) is 11.7 Å². The molecule has 0 spiro atoms. The molecule has 0 heterocycles. The molecule has 1 aliphatic carbocycles. The van der Waals surface area contributed by atoms with E-state index in [1.54, 1.807) is 0 Å². The van der Waals surface area contributed by atoms with Crippen LogP contribution >= 0.6 is 0 Å². The van der Waals surface area contributed by atoms with Crippen molar-refractivity contribution in [3.05, 3.63) is 23.8 Å². The van der Waals surface area contributed by atoms with Gasteiger partial charge in [0.1, 0.15) is 0 Å². The fourth-order valence-corrected chi connectivity index (χ4v) is 1.25. The summed E-state index contributed by atoms with van der Waals surface area (Å²) in [7, 11) is 0. The van der Waals surface area contributed by atoms with E-state index in [0.29, 0.717) is 12.5 Å². The van der Waals surface area contributed by atoms with Crippen molar-refractivity contribution in [1.29, 1.82) is 0 Å². The summed E-state index contributed by atoms with van der Waals surface area (Å²) in [6.45, 7) is 2.96. The van der Waals surface area contributed by atoms with Gasteiger partial charge in [-0.15, -0.1) is 0 Å². The molecular formula is C9H15N. The van der Waals surface area contributed by atoms with E-state index in [4.69, 9.17) is 5.73 Å². The molecule has 0 amide bonds. The molecule has 1 nitrogen and oxygen atoms in total. The van der Waals surface area contributed by atoms with Crippen molar-refractivity contribution in [3.8, 4) is 0 Å². The van der Waals surface area contributed by atoms with Crippen LogP contribution in [-0.4, -0.2) is 6.54 Å². The smallest absolute Gasteiger partial charge is 0.0142 e. The van der Waals surface area contributed by atoms with Gasteiger partial charge in [0.25, 0.3) is 0 Å². The first-order valence-corrected chi connectivity index (χ1v) is 3.90. The highest BCUT2D eigenvalue weighted by atomic mass is 14.5. The van der Waals surface area contributed by atoms with Crippen LogP contribution in [0.1, 0.15) is 19.8 Å². The molecule has 2 N–H and O–H groups in total. The zero-order valence-corrected chi connectivity index (χ0v) is 6.51. The van der Waals surface area contributed by atoms with E-state index in [1.807, 2.05) is 0 Å². The van der Waals surface area contributed by atoms with Crippen LogP contribution in [0, 0.1) is 5.92 Å². The Balaban J connectivity index is 2.63. The lowest BCUT2D eigenvalue weighted by molar-refractivity contribution is 0.616. The van der Waals surface area contributed by atoms with Gasteiger partial charge in [-0.25, -0.2) is 0 Å². The highest BCUT2D eigenvalue weighted by Crippen LogP contribution is 2.18. The molecule has 0 saturated carbocycles. The third-order valence-corrected chi connectivity index (χ3v) is 2.08. The maximum Gasteiger partial charge on any atom is 0.0142 e. The van der Waals surface area contributed by atoms with Crippen LogP contribution in [0.15, 0.2) is 23.8 Å². The second-order valence-electron chi connectivity index (χ2n) is 2.85. The number of hydrogen-bond acceptors (Lipinski definition) is 1. The first-order chi connectivity index (χ1) is 4.84. The second-order valence-corrected chi connectivity index (χ2v) is 2.85. The van der Waals surface area contributed by atoms with Crippen LogP contribution in [0.2, 0.25) is 0 Å². The minimum Gasteiger partial charge on any atom is -0.327 e. The third-order valence-electron chi connectivity index (χ3n) is 2.08. The van der Waals surface area contributed by atoms with Crippen molar-refractivity contribution in [1.82, 2.24) is 0 Å². The summed E-state index contributed by atoms with van der Waals surface area (Å²) in [6.07, 6.45) is 8.92. The van der Waals surface area contributed by atoms with Crippen molar-refractivity contribution < 1.29 is 0 Å². The van der Waals surface area contributed by atoms with Crippen molar-refractivity contribution in [3.63, 3.8) is 0 Å². The van der Waals surface area contributed by atoms with Crippen LogP contribution in [0.5, 0.6) is 0 Å². The summed E-state index contributed by atoms with van der Waals surface area (Å²) in [5.41, 5.74) is 6.94. The summed E-state index contributed by atoms with van der Waals surface area (Å²) in [4.78, 5) is 0. The van der Waals surface area contributed by atoms with Gasteiger partial charge in [0.05, 0.1) is 0 Å². The zero-order chi connectivity index (χ0) is 7.40. The van der Waals surface area contributed by atoms with Crippen molar-refractivity contribution in [2.45, 2.75) is 19.8 Å². The second kappa shape index (κ2) is 3.57. The first-order valence-electron chi connectivity index (χ1n) is 3.90. The molecule has 1 rings (SSSR count). The Hall–Kier alpha value is -0.560. The van der Waals surface area contributed by atoms with E-state index in [1.165, 1.54) is 18.4 Å². The average molecular weight is 137 g/mol. The quantitative estimate of drug-likeness (QED) is 0.586. The molecule has 0 aromatic rings. The van der Waals surface area contributed by atoms with Gasteiger partial charge in [0.2, 0.25) is 0 Å². The lowest BCUT2D eigenvalue weighted by Crippen LogP contribution is -2.09. The van der Waals surface area contributed by atoms with Crippen LogP contribution in [0.25, 0.3) is 0 Å². The van der Waals surface area contributed by atoms with Crippen LogP contribution in [-0.2, 0) is 0 Å². The monoisotopic (exact) mass is 137 g/mol. The van der Waals surface area contributed by atoms with Gasteiger partial charge >= 0.3 is 0 Å². The fourth-order valence-electron chi connectivity index (χ4n) is 1.25. The number of hydrogen-bond donors (Lipinski definition) is 1. The molecule has 1 atom stereocenters. The van der Waals surface area contributed by atoms with Gasteiger partial charge in [-0.3, -0.25) is 0 Å². The van der Waals surface area contributed by atoms with Crippen LogP contribution in [0.4, 0.5) is 0 Å². The summed E-state index contributed by atoms with van der Waals surface area (Å²) in [5, 5.41) is 0. The fraction of sp³-hybridized carbons (Fsp3) is 0.556. The molecule has 1 aliphatic rings. The molecule has 0 radical (unpaired) electrons. The van der Waals surface area contributed by atoms with Gasteiger partial charge in [-0.05, 0) is 18.8 Å². The molecule has 10 heavy (non-hydrogen) atoms. The minimum absolute atomic E-state index is 0.681. The SMILES string of the molecule is CC1CCC=CC=C1CN. The van der Waals surface area contributed by atoms with E-state index in [2.05, 4.69) is 25.2 Å². The molecule has 0 aliphatic heterocycles. The maximum absolute atomic E-state index is 5.56. The van der Waals surface area contributed by atoms with E-state index >= 15 is 0 Å². The van der Waals surface area contributed by atoms with Crippen molar-refractivity contribution in [2.75, 3.05) is 6.54 Å². The minimum atomic E-state index is 0.681. The molecule has 0 aromatic carbocycles. The van der Waals surface area contributed by atoms with Gasteiger partial charge in [-0.2, -0.15) is 0 Å². The Labute approximate surface area is 62.6 Å². The topological polar surface area (TPSA) is 26.0 Å². The van der Waals surface area contributed by atoms with Gasteiger partial charge in [0.15, 0.2) is 0 Å². The number of allylic oxidation sites excluding steroid dienone is 3. The lowest BCUT2D eigenvalue weighted by Gasteiger charge is -2.10. The predicted molar refractivity (Wildman–Crippen MR) is 44.7 cm³/mol. The first kappa shape index (κ1) is 7.55. The molecule has 0 aromatic heterocycles. The van der Waals surface area contributed by atoms with E-state index < -0.39 is 0 Å². The molecule has 56 valence electrons. The highest BCUT2D eigenvalue weighted by molar-refractivity contribution is 5.18. The zero-order valence-electron chi connectivity index (χ0n) is 6.51. The largest absolute Gasteiger partial charge is 0.327 e. The summed E-state index contributed by atoms with van der Waals surface area (Å²) in [5.74, 6) is 0.681. The van der Waals surface area contributed by atoms with E-state index in [-0.39, 0.29) is 0 Å². The average Bonchev–Trinajstić information content (AvgIpc) is 2.13. The Kier molecular flexibility index (Phi) is 2.69. The van der Waals surface area contributed by atoms with Gasteiger partial charge in [0, 0.05) is 6.54 Å². The molecule has 1 heteroatoms. The Morgan fingerprint density at radius 2 is 2.50 bits per heavy atom. The maximum atomic E-state index is 5.56. The summed E-state index contributed by atoms with van der Waals surface area (Å²) in [6, 6.07) is 0. The van der Waals surface area contributed by atoms with Gasteiger partial charge < -0.3 is 5.73 Å². The van der Waals surface area contributed by atoms with E-state index in [9.17, 15) is 0 Å². The van der Waals surface area contributed by atoms with Crippen LogP contribution in [0.3, 0.4) is 0 Å². The summed E-state index contributed by atoms with van der Waals surface area (Å²) >= 11 is 0. The molecular weight excluding hydrogens is 122 g/mol. The molecule has 0 bridgehead atoms.